The van der Waals surface area contributed by atoms with Crippen molar-refractivity contribution in [2.75, 3.05) is 24.5 Å². The Labute approximate surface area is 136 Å². The van der Waals surface area contributed by atoms with Crippen LogP contribution in [0, 0.1) is 5.92 Å². The Morgan fingerprint density at radius 1 is 1.41 bits per heavy atom. The molecular formula is C14H24ClN5O2. The van der Waals surface area contributed by atoms with Crippen molar-refractivity contribution >= 4 is 29.9 Å². The lowest BCUT2D eigenvalue weighted by Gasteiger charge is -2.35. The number of nitrogens with two attached hydrogens (primary N) is 1. The van der Waals surface area contributed by atoms with E-state index in [1.807, 2.05) is 13.8 Å². The van der Waals surface area contributed by atoms with Crippen LogP contribution in [0.4, 0.5) is 5.69 Å². The lowest BCUT2D eigenvalue weighted by atomic mass is 10.0. The zero-order chi connectivity index (χ0) is 15.6. The van der Waals surface area contributed by atoms with Gasteiger partial charge in [0.1, 0.15) is 6.54 Å². The molecule has 0 aromatic carbocycles. The first kappa shape index (κ1) is 18.4. The van der Waals surface area contributed by atoms with Crippen molar-refractivity contribution in [1.29, 1.82) is 0 Å². The topological polar surface area (TPSA) is 84.5 Å². The summed E-state index contributed by atoms with van der Waals surface area (Å²) in [6, 6.07) is -0.525. The van der Waals surface area contributed by atoms with Crippen molar-refractivity contribution in [2.24, 2.45) is 18.7 Å². The number of amides is 2. The molecule has 124 valence electrons. The number of hydrogen-bond acceptors (Lipinski definition) is 4. The molecule has 1 saturated heterocycles. The summed E-state index contributed by atoms with van der Waals surface area (Å²) in [4.78, 5) is 27.7. The quantitative estimate of drug-likeness (QED) is 0.866. The molecule has 1 aromatic heterocycles. The third-order valence-electron chi connectivity index (χ3n) is 3.58. The molecule has 1 aliphatic heterocycles. The fourth-order valence-corrected chi connectivity index (χ4v) is 2.53. The van der Waals surface area contributed by atoms with Gasteiger partial charge in [-0.15, -0.1) is 12.4 Å². The number of carbonyl (C=O) groups is 2. The van der Waals surface area contributed by atoms with Crippen LogP contribution < -0.4 is 10.6 Å². The second-order valence-electron chi connectivity index (χ2n) is 5.91. The van der Waals surface area contributed by atoms with E-state index in [9.17, 15) is 9.59 Å². The Balaban J connectivity index is 0.00000242. The molecule has 1 atom stereocenters. The zero-order valence-electron chi connectivity index (χ0n) is 13.2. The Kier molecular flexibility index (Phi) is 6.37. The molecule has 2 N–H and O–H groups in total. The zero-order valence-corrected chi connectivity index (χ0v) is 14.0. The van der Waals surface area contributed by atoms with E-state index in [1.165, 1.54) is 0 Å². The van der Waals surface area contributed by atoms with Crippen LogP contribution >= 0.6 is 12.4 Å². The molecule has 0 bridgehead atoms. The van der Waals surface area contributed by atoms with Crippen molar-refractivity contribution in [3.8, 4) is 0 Å². The number of carbonyl (C=O) groups excluding carboxylic acids is 2. The molecule has 0 saturated carbocycles. The van der Waals surface area contributed by atoms with Gasteiger partial charge in [0, 0.05) is 26.3 Å². The van der Waals surface area contributed by atoms with Crippen molar-refractivity contribution in [3.05, 3.63) is 12.4 Å². The van der Waals surface area contributed by atoms with E-state index in [1.54, 1.807) is 33.9 Å². The molecule has 0 aliphatic carbocycles. The van der Waals surface area contributed by atoms with Crippen molar-refractivity contribution in [2.45, 2.75) is 26.3 Å². The van der Waals surface area contributed by atoms with Crippen LogP contribution in [0.2, 0.25) is 0 Å². The Morgan fingerprint density at radius 3 is 2.59 bits per heavy atom. The van der Waals surface area contributed by atoms with Crippen LogP contribution in [0.5, 0.6) is 0 Å². The highest BCUT2D eigenvalue weighted by Gasteiger charge is 2.31. The van der Waals surface area contributed by atoms with Gasteiger partial charge in [-0.25, -0.2) is 0 Å². The number of hydrogen-bond donors (Lipinski definition) is 1. The summed E-state index contributed by atoms with van der Waals surface area (Å²) in [6.45, 7) is 5.12. The van der Waals surface area contributed by atoms with Crippen molar-refractivity contribution in [1.82, 2.24) is 14.7 Å². The van der Waals surface area contributed by atoms with Crippen molar-refractivity contribution in [3.63, 3.8) is 0 Å². The largest absolute Gasteiger partial charge is 0.330 e. The lowest BCUT2D eigenvalue weighted by Crippen LogP contribution is -2.56. The van der Waals surface area contributed by atoms with Crippen LogP contribution in [-0.4, -0.2) is 52.2 Å². The first-order chi connectivity index (χ1) is 9.88. The standard InChI is InChI=1S/C14H23N5O2.ClH/c1-10(2)6-12(15)14(21)18-4-5-19(13(20)9-18)11-7-16-17(3)8-11;/h7-8,10,12H,4-6,9,15H2,1-3H3;1H/t12-;/m0./s1. The van der Waals surface area contributed by atoms with E-state index in [0.717, 1.165) is 5.69 Å². The predicted octanol–water partition coefficient (Wildman–Crippen LogP) is 0.391. The third kappa shape index (κ3) is 4.20. The smallest absolute Gasteiger partial charge is 0.246 e. The number of aryl methyl sites for hydroxylation is 1. The number of nitrogens with zero attached hydrogens (tertiary/aromatic N) is 4. The van der Waals surface area contributed by atoms with Gasteiger partial charge in [0.2, 0.25) is 11.8 Å². The van der Waals surface area contributed by atoms with Gasteiger partial charge in [0.05, 0.1) is 17.9 Å². The second-order valence-corrected chi connectivity index (χ2v) is 5.91. The summed E-state index contributed by atoms with van der Waals surface area (Å²) in [5.41, 5.74) is 6.68. The highest BCUT2D eigenvalue weighted by Crippen LogP contribution is 2.17. The minimum absolute atomic E-state index is 0. The summed E-state index contributed by atoms with van der Waals surface area (Å²) < 4.78 is 1.65. The van der Waals surface area contributed by atoms with Gasteiger partial charge in [-0.05, 0) is 12.3 Å². The van der Waals surface area contributed by atoms with Gasteiger partial charge in [0.15, 0.2) is 0 Å². The summed E-state index contributed by atoms with van der Waals surface area (Å²) in [6.07, 6.45) is 4.08. The molecule has 2 amide bonds. The normalized spacial score (nSPS) is 16.7. The molecule has 0 radical (unpaired) electrons. The van der Waals surface area contributed by atoms with Crippen LogP contribution in [0.15, 0.2) is 12.4 Å². The van der Waals surface area contributed by atoms with E-state index in [4.69, 9.17) is 5.73 Å². The van der Waals surface area contributed by atoms with E-state index < -0.39 is 6.04 Å². The molecular weight excluding hydrogens is 306 g/mol. The Hall–Kier alpha value is -1.60. The minimum Gasteiger partial charge on any atom is -0.330 e. The molecule has 8 heteroatoms. The first-order valence-corrected chi connectivity index (χ1v) is 7.22. The molecule has 2 heterocycles. The SMILES string of the molecule is CC(C)C[C@H](N)C(=O)N1CCN(c2cnn(C)c2)C(=O)C1.Cl. The first-order valence-electron chi connectivity index (χ1n) is 7.22. The number of halogens is 1. The second kappa shape index (κ2) is 7.60. The molecule has 0 unspecified atom stereocenters. The van der Waals surface area contributed by atoms with E-state index in [0.29, 0.717) is 25.4 Å². The van der Waals surface area contributed by atoms with E-state index in [-0.39, 0.29) is 30.8 Å². The van der Waals surface area contributed by atoms with Gasteiger partial charge < -0.3 is 15.5 Å². The van der Waals surface area contributed by atoms with Crippen LogP contribution in [0.1, 0.15) is 20.3 Å². The average Bonchev–Trinajstić information content (AvgIpc) is 2.83. The van der Waals surface area contributed by atoms with Gasteiger partial charge >= 0.3 is 0 Å². The molecule has 2 rings (SSSR count). The van der Waals surface area contributed by atoms with Crippen LogP contribution in [-0.2, 0) is 16.6 Å². The minimum atomic E-state index is -0.525. The van der Waals surface area contributed by atoms with Crippen LogP contribution in [0.3, 0.4) is 0 Å². The predicted molar refractivity (Wildman–Crippen MR) is 86.8 cm³/mol. The maximum atomic E-state index is 12.2. The highest BCUT2D eigenvalue weighted by molar-refractivity contribution is 5.98. The van der Waals surface area contributed by atoms with Crippen molar-refractivity contribution < 1.29 is 9.59 Å². The average molecular weight is 330 g/mol. The van der Waals surface area contributed by atoms with E-state index in [2.05, 4.69) is 5.10 Å². The molecule has 1 aliphatic rings. The fourth-order valence-electron chi connectivity index (χ4n) is 2.53. The lowest BCUT2D eigenvalue weighted by molar-refractivity contribution is -0.138. The molecule has 0 spiro atoms. The maximum absolute atomic E-state index is 12.2. The maximum Gasteiger partial charge on any atom is 0.246 e. The molecule has 1 aromatic rings. The number of anilines is 1. The third-order valence-corrected chi connectivity index (χ3v) is 3.58. The Morgan fingerprint density at radius 2 is 2.09 bits per heavy atom. The number of piperazine rings is 1. The highest BCUT2D eigenvalue weighted by atomic mass is 35.5. The van der Waals surface area contributed by atoms with E-state index >= 15 is 0 Å². The number of aromatic nitrogens is 2. The summed E-state index contributed by atoms with van der Waals surface area (Å²) >= 11 is 0. The van der Waals surface area contributed by atoms with Crippen LogP contribution in [0.25, 0.3) is 0 Å². The molecule has 1 fully saturated rings. The van der Waals surface area contributed by atoms with Gasteiger partial charge in [-0.3, -0.25) is 14.3 Å². The summed E-state index contributed by atoms with van der Waals surface area (Å²) in [7, 11) is 1.80. The monoisotopic (exact) mass is 329 g/mol. The Bertz CT molecular complexity index is 531. The summed E-state index contributed by atoms with van der Waals surface area (Å²) in [5.74, 6) is 0.124. The van der Waals surface area contributed by atoms with Gasteiger partial charge in [0.25, 0.3) is 0 Å². The molecule has 22 heavy (non-hydrogen) atoms. The van der Waals surface area contributed by atoms with Gasteiger partial charge in [-0.1, -0.05) is 13.8 Å². The molecule has 7 nitrogen and oxygen atoms in total. The fraction of sp³-hybridized carbons (Fsp3) is 0.643. The number of rotatable bonds is 4. The summed E-state index contributed by atoms with van der Waals surface area (Å²) in [5, 5.41) is 4.06. The van der Waals surface area contributed by atoms with Gasteiger partial charge in [-0.2, -0.15) is 5.10 Å².